The van der Waals surface area contributed by atoms with Gasteiger partial charge < -0.3 is 10.1 Å². The predicted octanol–water partition coefficient (Wildman–Crippen LogP) is 2.20. The first-order chi connectivity index (χ1) is 10.6. The molecule has 1 aromatic heterocycles. The molecule has 1 aromatic carbocycles. The number of carbonyl (C=O) groups excluding carboxylic acids is 2. The van der Waals surface area contributed by atoms with E-state index in [2.05, 4.69) is 32.9 Å². The largest absolute Gasteiger partial charge is 0.467 e. The Morgan fingerprint density at radius 3 is 2.77 bits per heavy atom. The van der Waals surface area contributed by atoms with Crippen molar-refractivity contribution in [3.05, 3.63) is 63.5 Å². The van der Waals surface area contributed by atoms with Crippen LogP contribution in [0.5, 0.6) is 0 Å². The fourth-order valence-corrected chi connectivity index (χ4v) is 2.58. The van der Waals surface area contributed by atoms with Crippen LogP contribution in [0.1, 0.15) is 15.9 Å². The number of methoxy groups -OCH3 is 1. The van der Waals surface area contributed by atoms with Gasteiger partial charge in [-0.05, 0) is 52.4 Å². The van der Waals surface area contributed by atoms with Gasteiger partial charge in [0.15, 0.2) is 0 Å². The molecule has 0 saturated carbocycles. The van der Waals surface area contributed by atoms with Crippen LogP contribution in [0.2, 0.25) is 0 Å². The lowest BCUT2D eigenvalue weighted by molar-refractivity contribution is -0.142. The van der Waals surface area contributed by atoms with Gasteiger partial charge in [-0.25, -0.2) is 4.79 Å². The second kappa shape index (κ2) is 7.88. The minimum atomic E-state index is -0.740. The number of ether oxygens (including phenoxy) is 1. The average molecular weight is 410 g/mol. The molecule has 1 heterocycles. The number of amides is 1. The summed E-state index contributed by atoms with van der Waals surface area (Å²) in [6.45, 7) is 0. The van der Waals surface area contributed by atoms with Crippen molar-refractivity contribution in [3.63, 3.8) is 0 Å². The Hall–Kier alpha value is -1.96. The molecule has 0 aliphatic carbocycles. The first-order valence-electron chi connectivity index (χ1n) is 6.63. The molecular formula is C16H15IN2O3. The standard InChI is InChI=1S/C16H15IN2O3/c1-22-16(21)14(9-11-4-2-6-13(17)8-11)19-15(20)12-5-3-7-18-10-12/h2-8,10,14H,9H2,1H3,(H,19,20)/t14-/m1/s1. The number of pyridine rings is 1. The maximum Gasteiger partial charge on any atom is 0.328 e. The second-order valence-corrected chi connectivity index (χ2v) is 5.87. The van der Waals surface area contributed by atoms with Gasteiger partial charge in [-0.2, -0.15) is 0 Å². The van der Waals surface area contributed by atoms with Gasteiger partial charge in [0.05, 0.1) is 12.7 Å². The van der Waals surface area contributed by atoms with Crippen LogP contribution < -0.4 is 5.32 Å². The summed E-state index contributed by atoms with van der Waals surface area (Å²) >= 11 is 2.20. The van der Waals surface area contributed by atoms with Crippen molar-refractivity contribution in [1.29, 1.82) is 0 Å². The van der Waals surface area contributed by atoms with E-state index in [0.29, 0.717) is 12.0 Å². The molecule has 1 atom stereocenters. The zero-order valence-electron chi connectivity index (χ0n) is 12.0. The molecule has 0 aliphatic heterocycles. The van der Waals surface area contributed by atoms with Gasteiger partial charge in [-0.1, -0.05) is 12.1 Å². The quantitative estimate of drug-likeness (QED) is 0.607. The molecule has 0 aliphatic rings. The summed E-state index contributed by atoms with van der Waals surface area (Å²) in [6.07, 6.45) is 3.41. The molecule has 5 nitrogen and oxygen atoms in total. The van der Waals surface area contributed by atoms with E-state index in [4.69, 9.17) is 4.74 Å². The zero-order valence-corrected chi connectivity index (χ0v) is 14.1. The molecule has 114 valence electrons. The number of aromatic nitrogens is 1. The van der Waals surface area contributed by atoms with Crippen molar-refractivity contribution < 1.29 is 14.3 Å². The van der Waals surface area contributed by atoms with E-state index < -0.39 is 12.0 Å². The monoisotopic (exact) mass is 410 g/mol. The van der Waals surface area contributed by atoms with Gasteiger partial charge in [-0.3, -0.25) is 9.78 Å². The SMILES string of the molecule is COC(=O)[C@@H](Cc1cccc(I)c1)NC(=O)c1cccnc1. The van der Waals surface area contributed by atoms with Crippen LogP contribution in [0.4, 0.5) is 0 Å². The number of halogens is 1. The van der Waals surface area contributed by atoms with E-state index in [0.717, 1.165) is 9.13 Å². The third-order valence-corrected chi connectivity index (χ3v) is 3.71. The number of hydrogen-bond donors (Lipinski definition) is 1. The second-order valence-electron chi connectivity index (χ2n) is 4.62. The number of esters is 1. The van der Waals surface area contributed by atoms with Crippen LogP contribution in [0, 0.1) is 3.57 Å². The maximum atomic E-state index is 12.2. The highest BCUT2D eigenvalue weighted by atomic mass is 127. The van der Waals surface area contributed by atoms with E-state index >= 15 is 0 Å². The van der Waals surface area contributed by atoms with Crippen molar-refractivity contribution in [1.82, 2.24) is 10.3 Å². The molecule has 0 unspecified atom stereocenters. The van der Waals surface area contributed by atoms with Gasteiger partial charge >= 0.3 is 5.97 Å². The minimum absolute atomic E-state index is 0.353. The van der Waals surface area contributed by atoms with Crippen molar-refractivity contribution in [2.24, 2.45) is 0 Å². The van der Waals surface area contributed by atoms with E-state index in [-0.39, 0.29) is 5.91 Å². The van der Waals surface area contributed by atoms with Gasteiger partial charge in [0.1, 0.15) is 6.04 Å². The van der Waals surface area contributed by atoms with Crippen LogP contribution in [0.25, 0.3) is 0 Å². The number of rotatable bonds is 5. The smallest absolute Gasteiger partial charge is 0.328 e. The molecule has 0 bridgehead atoms. The summed E-state index contributed by atoms with van der Waals surface area (Å²) in [7, 11) is 1.31. The minimum Gasteiger partial charge on any atom is -0.467 e. The van der Waals surface area contributed by atoms with Crippen LogP contribution >= 0.6 is 22.6 Å². The molecule has 22 heavy (non-hydrogen) atoms. The molecule has 2 aromatic rings. The third kappa shape index (κ3) is 4.52. The zero-order chi connectivity index (χ0) is 15.9. The van der Waals surface area contributed by atoms with Gasteiger partial charge in [-0.15, -0.1) is 0 Å². The summed E-state index contributed by atoms with van der Waals surface area (Å²) in [6, 6.07) is 10.3. The fraction of sp³-hybridized carbons (Fsp3) is 0.188. The van der Waals surface area contributed by atoms with Crippen molar-refractivity contribution in [2.75, 3.05) is 7.11 Å². The Balaban J connectivity index is 2.13. The number of nitrogens with zero attached hydrogens (tertiary/aromatic N) is 1. The molecule has 0 spiro atoms. The number of nitrogens with one attached hydrogen (secondary N) is 1. The van der Waals surface area contributed by atoms with Gasteiger partial charge in [0.2, 0.25) is 0 Å². The molecule has 0 saturated heterocycles. The summed E-state index contributed by atoms with van der Waals surface area (Å²) in [5.74, 6) is -0.828. The molecule has 0 radical (unpaired) electrons. The topological polar surface area (TPSA) is 68.3 Å². The van der Waals surface area contributed by atoms with Crippen molar-refractivity contribution >= 4 is 34.5 Å². The van der Waals surface area contributed by atoms with E-state index in [1.54, 1.807) is 18.3 Å². The normalized spacial score (nSPS) is 11.5. The highest BCUT2D eigenvalue weighted by molar-refractivity contribution is 14.1. The highest BCUT2D eigenvalue weighted by Crippen LogP contribution is 2.11. The summed E-state index contributed by atoms with van der Waals surface area (Å²) < 4.78 is 5.85. The number of carbonyl (C=O) groups is 2. The maximum absolute atomic E-state index is 12.2. The Morgan fingerprint density at radius 2 is 2.14 bits per heavy atom. The van der Waals surface area contributed by atoms with Crippen LogP contribution in [0.15, 0.2) is 48.8 Å². The summed E-state index contributed by atoms with van der Waals surface area (Å²) in [5.41, 5.74) is 1.35. The molecule has 0 fully saturated rings. The van der Waals surface area contributed by atoms with Crippen molar-refractivity contribution in [3.8, 4) is 0 Å². The summed E-state index contributed by atoms with van der Waals surface area (Å²) in [4.78, 5) is 28.0. The number of benzene rings is 1. The Kier molecular flexibility index (Phi) is 5.88. The van der Waals surface area contributed by atoms with E-state index in [1.807, 2.05) is 24.3 Å². The van der Waals surface area contributed by atoms with Crippen LogP contribution in [0.3, 0.4) is 0 Å². The van der Waals surface area contributed by atoms with Crippen LogP contribution in [-0.4, -0.2) is 30.0 Å². The van der Waals surface area contributed by atoms with Gasteiger partial charge in [0, 0.05) is 22.4 Å². The Bertz CT molecular complexity index is 661. The van der Waals surface area contributed by atoms with Gasteiger partial charge in [0.25, 0.3) is 5.91 Å². The Labute approximate surface area is 142 Å². The molecule has 6 heteroatoms. The predicted molar refractivity (Wildman–Crippen MR) is 90.4 cm³/mol. The van der Waals surface area contributed by atoms with E-state index in [1.165, 1.54) is 13.3 Å². The highest BCUT2D eigenvalue weighted by Gasteiger charge is 2.22. The van der Waals surface area contributed by atoms with Crippen molar-refractivity contribution in [2.45, 2.75) is 12.5 Å². The molecule has 1 N–H and O–H groups in total. The lowest BCUT2D eigenvalue weighted by atomic mass is 10.1. The summed E-state index contributed by atoms with van der Waals surface area (Å²) in [5, 5.41) is 2.70. The number of hydrogen-bond acceptors (Lipinski definition) is 4. The first kappa shape index (κ1) is 16.4. The average Bonchev–Trinajstić information content (AvgIpc) is 2.54. The van der Waals surface area contributed by atoms with Crippen LogP contribution in [-0.2, 0) is 16.0 Å². The third-order valence-electron chi connectivity index (χ3n) is 3.04. The molecule has 2 rings (SSSR count). The Morgan fingerprint density at radius 1 is 1.32 bits per heavy atom. The molecular weight excluding hydrogens is 395 g/mol. The lowest BCUT2D eigenvalue weighted by Crippen LogP contribution is -2.43. The van der Waals surface area contributed by atoms with E-state index in [9.17, 15) is 9.59 Å². The first-order valence-corrected chi connectivity index (χ1v) is 7.71. The fourth-order valence-electron chi connectivity index (χ4n) is 1.97. The lowest BCUT2D eigenvalue weighted by Gasteiger charge is -2.16. The molecule has 1 amide bonds.